The molecule has 0 bridgehead atoms. The first-order valence-electron chi connectivity index (χ1n) is 4.02. The second kappa shape index (κ2) is 2.19. The van der Waals surface area contributed by atoms with Crippen molar-refractivity contribution >= 4 is 10.9 Å². The van der Waals surface area contributed by atoms with Crippen LogP contribution in [0.2, 0.25) is 0 Å². The summed E-state index contributed by atoms with van der Waals surface area (Å²) in [6, 6.07) is 0. The Morgan fingerprint density at radius 2 is 2.33 bits per heavy atom. The van der Waals surface area contributed by atoms with Gasteiger partial charge in [-0.2, -0.15) is 0 Å². The van der Waals surface area contributed by atoms with E-state index < -0.39 is 0 Å². The van der Waals surface area contributed by atoms with Crippen molar-refractivity contribution in [3.05, 3.63) is 0 Å². The summed E-state index contributed by atoms with van der Waals surface area (Å²) in [5, 5.41) is 1.18. The van der Waals surface area contributed by atoms with Gasteiger partial charge in [-0.25, -0.2) is 0 Å². The number of fused-ring (bicyclic) bond motifs is 1. The molecule has 52 valence electrons. The van der Waals surface area contributed by atoms with Gasteiger partial charge in [0.25, 0.3) is 0 Å². The third-order valence-electron chi connectivity index (χ3n) is 2.57. The van der Waals surface area contributed by atoms with Gasteiger partial charge in [-0.3, -0.25) is 0 Å². The summed E-state index contributed by atoms with van der Waals surface area (Å²) in [6.07, 6.45) is 4.66. The van der Waals surface area contributed by atoms with Gasteiger partial charge in [-0.15, -0.1) is 0 Å². The van der Waals surface area contributed by atoms with Crippen LogP contribution in [0.15, 0.2) is 0 Å². The molecule has 0 aliphatic carbocycles. The molecule has 2 saturated heterocycles. The van der Waals surface area contributed by atoms with Crippen molar-refractivity contribution < 1.29 is 0 Å². The van der Waals surface area contributed by atoms with Gasteiger partial charge in [0.1, 0.15) is 16.8 Å². The maximum absolute atomic E-state index is 2.42. The molecule has 1 heteroatoms. The molecule has 9 heavy (non-hydrogen) atoms. The Morgan fingerprint density at radius 1 is 1.44 bits per heavy atom. The maximum atomic E-state index is 2.42. The van der Waals surface area contributed by atoms with Crippen LogP contribution in [0.5, 0.6) is 0 Å². The smallest absolute Gasteiger partial charge is 0.0578 e. The van der Waals surface area contributed by atoms with Crippen molar-refractivity contribution in [1.82, 2.24) is 0 Å². The van der Waals surface area contributed by atoms with Crippen molar-refractivity contribution in [3.63, 3.8) is 0 Å². The average molecular weight is 143 g/mol. The van der Waals surface area contributed by atoms with E-state index >= 15 is 0 Å². The Labute approximate surface area is 60.4 Å². The first kappa shape index (κ1) is 6.09. The predicted molar refractivity (Wildman–Crippen MR) is 43.9 cm³/mol. The van der Waals surface area contributed by atoms with Gasteiger partial charge < -0.3 is 0 Å². The van der Waals surface area contributed by atoms with Crippen LogP contribution in [-0.4, -0.2) is 16.8 Å². The van der Waals surface area contributed by atoms with Gasteiger partial charge in [0.05, 0.1) is 0 Å². The lowest BCUT2D eigenvalue weighted by Gasteiger charge is -1.95. The molecule has 2 fully saturated rings. The molecule has 0 amide bonds. The third kappa shape index (κ3) is 1.000. The fraction of sp³-hybridized carbons (Fsp3) is 1.00. The minimum absolute atomic E-state index is 0.902. The van der Waals surface area contributed by atoms with E-state index in [0.717, 1.165) is 16.8 Å². The summed E-state index contributed by atoms with van der Waals surface area (Å²) >= 11 is 0. The third-order valence-corrected chi connectivity index (χ3v) is 5.75. The Hall–Kier alpha value is 0.350. The molecule has 3 atom stereocenters. The van der Waals surface area contributed by atoms with Crippen molar-refractivity contribution in [3.8, 4) is 0 Å². The van der Waals surface area contributed by atoms with Crippen molar-refractivity contribution in [2.75, 3.05) is 11.5 Å². The molecule has 2 heterocycles. The first-order chi connectivity index (χ1) is 4.36. The molecular formula is C8H15S+. The molecule has 2 rings (SSSR count). The summed E-state index contributed by atoms with van der Waals surface area (Å²) in [5.41, 5.74) is 0. The Balaban J connectivity index is 2.02. The number of hydrogen-bond donors (Lipinski definition) is 0. The fourth-order valence-electron chi connectivity index (χ4n) is 2.19. The topological polar surface area (TPSA) is 0 Å². The van der Waals surface area contributed by atoms with Gasteiger partial charge in [-0.05, 0) is 23.7 Å². The molecule has 1 unspecified atom stereocenters. The lowest BCUT2D eigenvalue weighted by Crippen LogP contribution is -2.09. The van der Waals surface area contributed by atoms with E-state index in [-0.39, 0.29) is 0 Å². The van der Waals surface area contributed by atoms with Gasteiger partial charge in [-0.1, -0.05) is 6.92 Å². The van der Waals surface area contributed by atoms with E-state index in [0.29, 0.717) is 0 Å². The van der Waals surface area contributed by atoms with Crippen LogP contribution >= 0.6 is 0 Å². The van der Waals surface area contributed by atoms with Crippen LogP contribution in [0.1, 0.15) is 26.2 Å². The summed E-state index contributed by atoms with van der Waals surface area (Å²) in [6.45, 7) is 2.42. The summed E-state index contributed by atoms with van der Waals surface area (Å²) in [7, 11) is 0.902. The molecule has 0 nitrogen and oxygen atoms in total. The predicted octanol–water partition coefficient (Wildman–Crippen LogP) is 1.81. The summed E-state index contributed by atoms with van der Waals surface area (Å²) < 4.78 is 0. The zero-order valence-corrected chi connectivity index (χ0v) is 6.91. The molecule has 0 aromatic heterocycles. The van der Waals surface area contributed by atoms with Gasteiger partial charge in [0.2, 0.25) is 0 Å². The Morgan fingerprint density at radius 3 is 3.11 bits per heavy atom. The zero-order chi connectivity index (χ0) is 6.27. The van der Waals surface area contributed by atoms with E-state index in [1.807, 2.05) is 0 Å². The number of rotatable bonds is 0. The van der Waals surface area contributed by atoms with Gasteiger partial charge >= 0.3 is 0 Å². The molecule has 2 aliphatic rings. The number of hydrogen-bond acceptors (Lipinski definition) is 0. The van der Waals surface area contributed by atoms with Crippen LogP contribution in [0, 0.1) is 5.92 Å². The van der Waals surface area contributed by atoms with E-state index in [9.17, 15) is 0 Å². The normalized spacial score (nSPS) is 49.7. The molecule has 2 aliphatic heterocycles. The van der Waals surface area contributed by atoms with Crippen molar-refractivity contribution in [2.45, 2.75) is 31.4 Å². The van der Waals surface area contributed by atoms with Crippen LogP contribution in [0.3, 0.4) is 0 Å². The van der Waals surface area contributed by atoms with E-state index in [4.69, 9.17) is 0 Å². The molecule has 0 saturated carbocycles. The molecule has 0 aromatic carbocycles. The Bertz CT molecular complexity index is 99.1. The van der Waals surface area contributed by atoms with Crippen LogP contribution in [0.25, 0.3) is 0 Å². The maximum Gasteiger partial charge on any atom is 0.118 e. The second-order valence-corrected chi connectivity index (χ2v) is 6.00. The fourth-order valence-corrected chi connectivity index (χ4v) is 5.46. The largest absolute Gasteiger partial charge is 0.118 e. The van der Waals surface area contributed by atoms with E-state index in [1.165, 1.54) is 5.25 Å². The van der Waals surface area contributed by atoms with Crippen molar-refractivity contribution in [1.29, 1.82) is 0 Å². The van der Waals surface area contributed by atoms with Gasteiger partial charge in [0, 0.05) is 12.3 Å². The average Bonchev–Trinajstić information content (AvgIpc) is 2.22. The highest BCUT2D eigenvalue weighted by atomic mass is 32.2. The summed E-state index contributed by atoms with van der Waals surface area (Å²) in [5.74, 6) is 4.22. The lowest BCUT2D eigenvalue weighted by atomic mass is 10.1. The van der Waals surface area contributed by atoms with Crippen LogP contribution in [0.4, 0.5) is 0 Å². The standard InChI is InChI=1S/C8H15S/c1-7-5-8-3-2-4-9(8)6-7/h7-8H,2-6H2,1H3/q+1/t7-,8-,9?/m1/s1. The quantitative estimate of drug-likeness (QED) is 0.454. The highest BCUT2D eigenvalue weighted by molar-refractivity contribution is 7.97. The molecule has 0 radical (unpaired) electrons. The molecule has 0 N–H and O–H groups in total. The first-order valence-corrected chi connectivity index (χ1v) is 5.65. The lowest BCUT2D eigenvalue weighted by molar-refractivity contribution is 0.589. The van der Waals surface area contributed by atoms with Gasteiger partial charge in [0.15, 0.2) is 0 Å². The van der Waals surface area contributed by atoms with Crippen molar-refractivity contribution in [2.24, 2.45) is 5.92 Å². The van der Waals surface area contributed by atoms with E-state index in [2.05, 4.69) is 6.92 Å². The van der Waals surface area contributed by atoms with E-state index in [1.54, 1.807) is 30.8 Å². The summed E-state index contributed by atoms with van der Waals surface area (Å²) in [4.78, 5) is 0. The highest BCUT2D eigenvalue weighted by Crippen LogP contribution is 2.35. The molecular weight excluding hydrogens is 128 g/mol. The molecule has 0 aromatic rings. The minimum Gasteiger partial charge on any atom is -0.0578 e. The molecule has 0 spiro atoms. The monoisotopic (exact) mass is 143 g/mol. The Kier molecular flexibility index (Phi) is 1.48. The van der Waals surface area contributed by atoms with Crippen LogP contribution in [-0.2, 0) is 10.9 Å². The second-order valence-electron chi connectivity index (χ2n) is 3.51. The van der Waals surface area contributed by atoms with Crippen LogP contribution < -0.4 is 0 Å². The zero-order valence-electron chi connectivity index (χ0n) is 6.10. The minimum atomic E-state index is 0.902. The highest BCUT2D eigenvalue weighted by Gasteiger charge is 2.43. The SMILES string of the molecule is C[C@@H]1C[C@H]2CCC[S+]2C1.